The van der Waals surface area contributed by atoms with Gasteiger partial charge in [0.25, 0.3) is 0 Å². The van der Waals surface area contributed by atoms with Gasteiger partial charge in [0.1, 0.15) is 18.1 Å². The molecular formula is C8H10N4O. The van der Waals surface area contributed by atoms with Gasteiger partial charge in [0.15, 0.2) is 0 Å². The van der Waals surface area contributed by atoms with Crippen LogP contribution in [0.2, 0.25) is 0 Å². The average molecular weight is 178 g/mol. The second-order valence-electron chi connectivity index (χ2n) is 2.76. The van der Waals surface area contributed by atoms with E-state index in [1.807, 2.05) is 0 Å². The van der Waals surface area contributed by atoms with Crippen LogP contribution < -0.4 is 5.73 Å². The van der Waals surface area contributed by atoms with E-state index in [-0.39, 0.29) is 6.54 Å². The second kappa shape index (κ2) is 3.12. The fourth-order valence-electron chi connectivity index (χ4n) is 1.14. The summed E-state index contributed by atoms with van der Waals surface area (Å²) < 4.78 is 1.74. The molecule has 0 saturated heterocycles. The fraction of sp³-hybridized carbons (Fsp3) is 0.250. The maximum absolute atomic E-state index is 9.41. The monoisotopic (exact) mass is 178 g/mol. The van der Waals surface area contributed by atoms with Crippen molar-refractivity contribution in [2.75, 3.05) is 6.54 Å². The predicted octanol–water partition coefficient (Wildman–Crippen LogP) is -0.279. The van der Waals surface area contributed by atoms with Crippen LogP contribution in [0.4, 0.5) is 0 Å². The molecule has 5 nitrogen and oxygen atoms in total. The quantitative estimate of drug-likeness (QED) is 0.663. The molecule has 5 heteroatoms. The number of aliphatic hydroxyl groups is 1. The summed E-state index contributed by atoms with van der Waals surface area (Å²) in [4.78, 5) is 8.10. The molecule has 1 atom stereocenters. The van der Waals surface area contributed by atoms with Crippen molar-refractivity contribution in [3.63, 3.8) is 0 Å². The molecule has 0 spiro atoms. The Morgan fingerprint density at radius 1 is 1.62 bits per heavy atom. The summed E-state index contributed by atoms with van der Waals surface area (Å²) in [6.45, 7) is 0.178. The molecule has 13 heavy (non-hydrogen) atoms. The van der Waals surface area contributed by atoms with Crippen LogP contribution in [0, 0.1) is 0 Å². The van der Waals surface area contributed by atoms with Crippen LogP contribution in [-0.2, 0) is 0 Å². The Labute approximate surface area is 74.9 Å². The number of fused-ring (bicyclic) bond motifs is 1. The number of hydrogen-bond donors (Lipinski definition) is 2. The highest BCUT2D eigenvalue weighted by atomic mass is 16.3. The van der Waals surface area contributed by atoms with E-state index in [0.29, 0.717) is 5.69 Å². The van der Waals surface area contributed by atoms with Crippen LogP contribution in [0.1, 0.15) is 11.8 Å². The Kier molecular flexibility index (Phi) is 1.96. The highest BCUT2D eigenvalue weighted by Crippen LogP contribution is 2.10. The van der Waals surface area contributed by atoms with Crippen LogP contribution in [0.3, 0.4) is 0 Å². The maximum atomic E-state index is 9.41. The van der Waals surface area contributed by atoms with Crippen molar-refractivity contribution >= 4 is 5.65 Å². The third-order valence-corrected chi connectivity index (χ3v) is 1.84. The standard InChI is InChI=1S/C8H10N4O/c9-3-7(13)6-4-12-5-10-2-1-8(12)11-6/h1-2,4-5,7,13H,3,9H2. The number of aliphatic hydroxyl groups excluding tert-OH is 1. The molecule has 0 aromatic carbocycles. The van der Waals surface area contributed by atoms with Crippen LogP contribution in [-0.4, -0.2) is 26.0 Å². The molecule has 2 heterocycles. The molecule has 0 aliphatic rings. The number of aromatic nitrogens is 3. The lowest BCUT2D eigenvalue weighted by Crippen LogP contribution is -2.11. The molecule has 0 amide bonds. The smallest absolute Gasteiger partial charge is 0.139 e. The molecular weight excluding hydrogens is 168 g/mol. The van der Waals surface area contributed by atoms with Crippen LogP contribution in [0.15, 0.2) is 24.8 Å². The van der Waals surface area contributed by atoms with Gasteiger partial charge >= 0.3 is 0 Å². The third-order valence-electron chi connectivity index (χ3n) is 1.84. The van der Waals surface area contributed by atoms with E-state index >= 15 is 0 Å². The van der Waals surface area contributed by atoms with Gasteiger partial charge in [0.05, 0.1) is 5.69 Å². The van der Waals surface area contributed by atoms with Gasteiger partial charge in [-0.15, -0.1) is 0 Å². The van der Waals surface area contributed by atoms with Crippen LogP contribution in [0.25, 0.3) is 5.65 Å². The maximum Gasteiger partial charge on any atom is 0.139 e. The van der Waals surface area contributed by atoms with Crippen molar-refractivity contribution in [3.8, 4) is 0 Å². The van der Waals surface area contributed by atoms with Crippen molar-refractivity contribution < 1.29 is 5.11 Å². The minimum atomic E-state index is -0.695. The molecule has 68 valence electrons. The zero-order valence-corrected chi connectivity index (χ0v) is 6.96. The van der Waals surface area contributed by atoms with E-state index in [1.54, 1.807) is 29.2 Å². The number of nitrogens with zero attached hydrogens (tertiary/aromatic N) is 3. The van der Waals surface area contributed by atoms with Gasteiger partial charge in [0.2, 0.25) is 0 Å². The normalized spacial score (nSPS) is 13.4. The van der Waals surface area contributed by atoms with E-state index in [4.69, 9.17) is 5.73 Å². The summed E-state index contributed by atoms with van der Waals surface area (Å²) in [6, 6.07) is 1.77. The van der Waals surface area contributed by atoms with Crippen LogP contribution in [0.5, 0.6) is 0 Å². The van der Waals surface area contributed by atoms with Gasteiger partial charge < -0.3 is 10.8 Å². The summed E-state index contributed by atoms with van der Waals surface area (Å²) >= 11 is 0. The molecule has 0 saturated carbocycles. The topological polar surface area (TPSA) is 76.4 Å². The molecule has 1 unspecified atom stereocenters. The summed E-state index contributed by atoms with van der Waals surface area (Å²) in [5, 5.41) is 9.41. The fourth-order valence-corrected chi connectivity index (χ4v) is 1.14. The Morgan fingerprint density at radius 3 is 3.15 bits per heavy atom. The third kappa shape index (κ3) is 1.39. The zero-order valence-electron chi connectivity index (χ0n) is 6.96. The van der Waals surface area contributed by atoms with Gasteiger partial charge in [-0.3, -0.25) is 4.40 Å². The molecule has 2 aromatic heterocycles. The molecule has 2 rings (SSSR count). The predicted molar refractivity (Wildman–Crippen MR) is 47.0 cm³/mol. The molecule has 0 aliphatic carbocycles. The first kappa shape index (κ1) is 8.15. The van der Waals surface area contributed by atoms with Crippen molar-refractivity contribution in [2.24, 2.45) is 5.73 Å². The molecule has 0 aliphatic heterocycles. The van der Waals surface area contributed by atoms with Gasteiger partial charge in [-0.2, -0.15) is 0 Å². The van der Waals surface area contributed by atoms with E-state index in [9.17, 15) is 5.11 Å². The van der Waals surface area contributed by atoms with E-state index in [0.717, 1.165) is 5.65 Å². The molecule has 2 aromatic rings. The average Bonchev–Trinajstić information content (AvgIpc) is 2.59. The van der Waals surface area contributed by atoms with Crippen molar-refractivity contribution in [2.45, 2.75) is 6.10 Å². The number of imidazole rings is 1. The van der Waals surface area contributed by atoms with E-state index < -0.39 is 6.10 Å². The van der Waals surface area contributed by atoms with Gasteiger partial charge in [-0.05, 0) is 6.07 Å². The van der Waals surface area contributed by atoms with Gasteiger partial charge in [-0.25, -0.2) is 9.97 Å². The number of hydrogen-bond acceptors (Lipinski definition) is 4. The molecule has 0 bridgehead atoms. The van der Waals surface area contributed by atoms with Gasteiger partial charge in [-0.1, -0.05) is 0 Å². The highest BCUT2D eigenvalue weighted by molar-refractivity contribution is 5.38. The second-order valence-corrected chi connectivity index (χ2v) is 2.76. The van der Waals surface area contributed by atoms with Crippen molar-refractivity contribution in [1.82, 2.24) is 14.4 Å². The largest absolute Gasteiger partial charge is 0.385 e. The first-order valence-corrected chi connectivity index (χ1v) is 3.98. The van der Waals surface area contributed by atoms with E-state index in [2.05, 4.69) is 9.97 Å². The Balaban J connectivity index is 2.49. The molecule has 0 fully saturated rings. The highest BCUT2D eigenvalue weighted by Gasteiger charge is 2.08. The summed E-state index contributed by atoms with van der Waals surface area (Å²) in [5.41, 5.74) is 6.65. The lowest BCUT2D eigenvalue weighted by Gasteiger charge is -2.00. The molecule has 3 N–H and O–H groups in total. The Bertz CT molecular complexity index is 378. The first-order chi connectivity index (χ1) is 6.31. The zero-order chi connectivity index (χ0) is 9.26. The minimum Gasteiger partial charge on any atom is -0.385 e. The lowest BCUT2D eigenvalue weighted by molar-refractivity contribution is 0.182. The summed E-state index contributed by atoms with van der Waals surface area (Å²) in [5.74, 6) is 0. The Morgan fingerprint density at radius 2 is 2.46 bits per heavy atom. The number of nitrogens with two attached hydrogens (primary N) is 1. The van der Waals surface area contributed by atoms with Crippen molar-refractivity contribution in [3.05, 3.63) is 30.5 Å². The SMILES string of the molecule is NCC(O)c1cn2cnccc2n1. The van der Waals surface area contributed by atoms with Crippen molar-refractivity contribution in [1.29, 1.82) is 0 Å². The van der Waals surface area contributed by atoms with Gasteiger partial charge in [0, 0.05) is 18.9 Å². The number of rotatable bonds is 2. The van der Waals surface area contributed by atoms with Crippen LogP contribution >= 0.6 is 0 Å². The first-order valence-electron chi connectivity index (χ1n) is 3.98. The van der Waals surface area contributed by atoms with E-state index in [1.165, 1.54) is 0 Å². The molecule has 0 radical (unpaired) electrons. The summed E-state index contributed by atoms with van der Waals surface area (Å²) in [6.07, 6.45) is 4.32. The lowest BCUT2D eigenvalue weighted by atomic mass is 10.3. The minimum absolute atomic E-state index is 0.178. The Hall–Kier alpha value is -1.46. The summed E-state index contributed by atoms with van der Waals surface area (Å²) in [7, 11) is 0.